The molecule has 0 amide bonds. The Hall–Kier alpha value is -0.0600. The molecule has 1 heterocycles. The predicted molar refractivity (Wildman–Crippen MR) is 79.0 cm³/mol. The van der Waals surface area contributed by atoms with Crippen LogP contribution in [-0.2, 0) is 10.1 Å². The Bertz CT molecular complexity index is 406. The maximum absolute atomic E-state index is 5.75. The molecule has 0 bridgehead atoms. The first-order valence-electron chi connectivity index (χ1n) is 5.75. The maximum atomic E-state index is 5.75. The van der Waals surface area contributed by atoms with E-state index in [2.05, 4.69) is 68.8 Å². The van der Waals surface area contributed by atoms with Gasteiger partial charge in [-0.25, -0.2) is 0 Å². The molecule has 1 aromatic rings. The second-order valence-corrected chi connectivity index (χ2v) is 6.41. The fourth-order valence-corrected chi connectivity index (χ4v) is 3.05. The summed E-state index contributed by atoms with van der Waals surface area (Å²) in [4.78, 5) is 2.41. The lowest BCUT2D eigenvalue weighted by Gasteiger charge is -2.40. The van der Waals surface area contributed by atoms with E-state index in [1.165, 1.54) is 11.3 Å². The number of alkyl halides is 1. The van der Waals surface area contributed by atoms with Gasteiger partial charge in [0.1, 0.15) is 0 Å². The van der Waals surface area contributed by atoms with Crippen LogP contribution in [-0.4, -0.2) is 25.3 Å². The summed E-state index contributed by atoms with van der Waals surface area (Å²) in [6.45, 7) is 6.99. The summed E-state index contributed by atoms with van der Waals surface area (Å²) < 4.78 is 6.88. The van der Waals surface area contributed by atoms with E-state index in [0.29, 0.717) is 0 Å². The third kappa shape index (κ3) is 3.24. The minimum absolute atomic E-state index is 0.0606. The standard InChI is InChI=1S/C13H17Br2NO/c1-13(2)9-16(5-6-17-13)12-4-3-11(15)7-10(12)8-14/h3-4,7H,5-6,8-9H2,1-2H3. The molecular weight excluding hydrogens is 346 g/mol. The Kier molecular flexibility index (Phi) is 4.16. The van der Waals surface area contributed by atoms with Crippen molar-refractivity contribution < 1.29 is 4.74 Å². The number of hydrogen-bond donors (Lipinski definition) is 0. The number of rotatable bonds is 2. The fourth-order valence-electron chi connectivity index (χ4n) is 2.19. The van der Waals surface area contributed by atoms with Gasteiger partial charge in [0.2, 0.25) is 0 Å². The van der Waals surface area contributed by atoms with E-state index < -0.39 is 0 Å². The van der Waals surface area contributed by atoms with Gasteiger partial charge >= 0.3 is 0 Å². The third-order valence-corrected chi connectivity index (χ3v) is 4.05. The van der Waals surface area contributed by atoms with Crippen LogP contribution in [0.25, 0.3) is 0 Å². The average molecular weight is 363 g/mol. The molecule has 0 aromatic heterocycles. The molecule has 0 unspecified atom stereocenters. The van der Waals surface area contributed by atoms with Crippen molar-refractivity contribution in [2.45, 2.75) is 24.8 Å². The lowest BCUT2D eigenvalue weighted by atomic mass is 10.1. The molecule has 4 heteroatoms. The Morgan fingerprint density at radius 1 is 1.41 bits per heavy atom. The zero-order valence-electron chi connectivity index (χ0n) is 10.2. The van der Waals surface area contributed by atoms with Crippen LogP contribution in [0, 0.1) is 0 Å². The lowest BCUT2D eigenvalue weighted by molar-refractivity contribution is -0.0277. The molecule has 0 radical (unpaired) electrons. The molecule has 1 aromatic carbocycles. The summed E-state index contributed by atoms with van der Waals surface area (Å²) in [6, 6.07) is 6.46. The van der Waals surface area contributed by atoms with Crippen LogP contribution < -0.4 is 4.90 Å². The molecule has 0 spiro atoms. The molecule has 0 N–H and O–H groups in total. The second kappa shape index (κ2) is 5.29. The summed E-state index contributed by atoms with van der Waals surface area (Å²) in [6.07, 6.45) is 0. The van der Waals surface area contributed by atoms with Gasteiger partial charge in [-0.05, 0) is 37.6 Å². The van der Waals surface area contributed by atoms with Crippen molar-refractivity contribution in [3.8, 4) is 0 Å². The smallest absolute Gasteiger partial charge is 0.0801 e. The average Bonchev–Trinajstić information content (AvgIpc) is 2.27. The molecule has 1 aliphatic rings. The van der Waals surface area contributed by atoms with Crippen molar-refractivity contribution >= 4 is 37.5 Å². The Morgan fingerprint density at radius 2 is 2.18 bits per heavy atom. The monoisotopic (exact) mass is 361 g/mol. The van der Waals surface area contributed by atoms with Gasteiger partial charge in [-0.2, -0.15) is 0 Å². The van der Waals surface area contributed by atoms with E-state index in [-0.39, 0.29) is 5.60 Å². The SMILES string of the molecule is CC1(C)CN(c2ccc(Br)cc2CBr)CCO1. The van der Waals surface area contributed by atoms with Crippen LogP contribution in [0.3, 0.4) is 0 Å². The number of halogens is 2. The molecule has 1 fully saturated rings. The van der Waals surface area contributed by atoms with Crippen molar-refractivity contribution in [1.82, 2.24) is 0 Å². The minimum Gasteiger partial charge on any atom is -0.372 e. The minimum atomic E-state index is -0.0606. The van der Waals surface area contributed by atoms with E-state index in [1.54, 1.807) is 0 Å². The quantitative estimate of drug-likeness (QED) is 0.738. The molecule has 0 atom stereocenters. The molecule has 1 aliphatic heterocycles. The first-order chi connectivity index (χ1) is 8.02. The number of morpholine rings is 1. The highest BCUT2D eigenvalue weighted by Crippen LogP contribution is 2.29. The number of nitrogens with zero attached hydrogens (tertiary/aromatic N) is 1. The molecule has 2 rings (SSSR count). The van der Waals surface area contributed by atoms with Gasteiger partial charge in [-0.15, -0.1) is 0 Å². The van der Waals surface area contributed by atoms with Crippen molar-refractivity contribution in [3.63, 3.8) is 0 Å². The first-order valence-corrected chi connectivity index (χ1v) is 7.66. The van der Waals surface area contributed by atoms with Crippen molar-refractivity contribution in [3.05, 3.63) is 28.2 Å². The molecule has 1 saturated heterocycles. The topological polar surface area (TPSA) is 12.5 Å². The lowest BCUT2D eigenvalue weighted by Crippen LogP contribution is -2.48. The number of benzene rings is 1. The highest BCUT2D eigenvalue weighted by molar-refractivity contribution is 9.10. The number of anilines is 1. The number of ether oxygens (including phenoxy) is 1. The molecule has 0 saturated carbocycles. The van der Waals surface area contributed by atoms with Gasteiger partial charge in [0.25, 0.3) is 0 Å². The predicted octanol–water partition coefficient (Wildman–Crippen LogP) is 3.96. The normalized spacial score (nSPS) is 19.4. The maximum Gasteiger partial charge on any atom is 0.0801 e. The summed E-state index contributed by atoms with van der Waals surface area (Å²) >= 11 is 7.08. The van der Waals surface area contributed by atoms with Crippen LogP contribution in [0.15, 0.2) is 22.7 Å². The van der Waals surface area contributed by atoms with Crippen molar-refractivity contribution in [1.29, 1.82) is 0 Å². The van der Waals surface area contributed by atoms with Crippen LogP contribution >= 0.6 is 31.9 Å². The molecular formula is C13H17Br2NO. The Balaban J connectivity index is 2.27. The molecule has 2 nitrogen and oxygen atoms in total. The molecule has 17 heavy (non-hydrogen) atoms. The highest BCUT2D eigenvalue weighted by atomic mass is 79.9. The Morgan fingerprint density at radius 3 is 2.82 bits per heavy atom. The Labute approximate surface area is 120 Å². The summed E-state index contributed by atoms with van der Waals surface area (Å²) in [5.74, 6) is 0. The van der Waals surface area contributed by atoms with Crippen LogP contribution in [0.4, 0.5) is 5.69 Å². The van der Waals surface area contributed by atoms with Gasteiger partial charge in [0.05, 0.1) is 12.2 Å². The van der Waals surface area contributed by atoms with E-state index in [0.717, 1.165) is 29.5 Å². The second-order valence-electron chi connectivity index (χ2n) is 4.94. The fraction of sp³-hybridized carbons (Fsp3) is 0.538. The third-order valence-electron chi connectivity index (χ3n) is 2.95. The van der Waals surface area contributed by atoms with E-state index in [1.807, 2.05) is 0 Å². The van der Waals surface area contributed by atoms with E-state index in [4.69, 9.17) is 4.74 Å². The highest BCUT2D eigenvalue weighted by Gasteiger charge is 2.28. The van der Waals surface area contributed by atoms with Gasteiger partial charge in [0, 0.05) is 28.6 Å². The van der Waals surface area contributed by atoms with Gasteiger partial charge in [0.15, 0.2) is 0 Å². The zero-order valence-corrected chi connectivity index (χ0v) is 13.3. The van der Waals surface area contributed by atoms with Crippen LogP contribution in [0.1, 0.15) is 19.4 Å². The first kappa shape index (κ1) is 13.4. The van der Waals surface area contributed by atoms with Gasteiger partial charge in [-0.1, -0.05) is 31.9 Å². The summed E-state index contributed by atoms with van der Waals surface area (Å²) in [5.41, 5.74) is 2.56. The zero-order chi connectivity index (χ0) is 12.5. The molecule has 94 valence electrons. The van der Waals surface area contributed by atoms with Crippen molar-refractivity contribution in [2.75, 3.05) is 24.6 Å². The molecule has 0 aliphatic carbocycles. The summed E-state index contributed by atoms with van der Waals surface area (Å²) in [7, 11) is 0. The van der Waals surface area contributed by atoms with Gasteiger partial charge in [-0.3, -0.25) is 0 Å². The summed E-state index contributed by atoms with van der Waals surface area (Å²) in [5, 5.41) is 0.875. The van der Waals surface area contributed by atoms with E-state index >= 15 is 0 Å². The van der Waals surface area contributed by atoms with Gasteiger partial charge < -0.3 is 9.64 Å². The van der Waals surface area contributed by atoms with Crippen LogP contribution in [0.2, 0.25) is 0 Å². The number of hydrogen-bond acceptors (Lipinski definition) is 2. The van der Waals surface area contributed by atoms with Crippen molar-refractivity contribution in [2.24, 2.45) is 0 Å². The van der Waals surface area contributed by atoms with E-state index in [9.17, 15) is 0 Å². The largest absolute Gasteiger partial charge is 0.372 e. The van der Waals surface area contributed by atoms with Crippen LogP contribution in [0.5, 0.6) is 0 Å².